The Morgan fingerprint density at radius 2 is 2.37 bits per heavy atom. The molecule has 6 heteroatoms. The number of rotatable bonds is 5. The van der Waals surface area contributed by atoms with E-state index >= 15 is 0 Å². The summed E-state index contributed by atoms with van der Waals surface area (Å²) in [7, 11) is 1.99. The minimum absolute atomic E-state index is 0.271. The van der Waals surface area contributed by atoms with E-state index < -0.39 is 0 Å². The second kappa shape index (κ2) is 6.91. The van der Waals surface area contributed by atoms with Gasteiger partial charge in [-0.05, 0) is 26.2 Å². The Balaban J connectivity index is 2.04. The van der Waals surface area contributed by atoms with Gasteiger partial charge in [-0.1, -0.05) is 11.6 Å². The quantitative estimate of drug-likeness (QED) is 0.900. The van der Waals surface area contributed by atoms with Crippen LogP contribution in [0.5, 0.6) is 0 Å². The molecule has 1 saturated heterocycles. The van der Waals surface area contributed by atoms with Crippen molar-refractivity contribution < 1.29 is 4.74 Å². The van der Waals surface area contributed by atoms with Gasteiger partial charge in [-0.2, -0.15) is 4.98 Å². The van der Waals surface area contributed by atoms with Crippen LogP contribution in [0, 0.1) is 0 Å². The third-order valence-corrected chi connectivity index (χ3v) is 3.44. The van der Waals surface area contributed by atoms with Gasteiger partial charge >= 0.3 is 0 Å². The van der Waals surface area contributed by atoms with Crippen LogP contribution in [-0.2, 0) is 4.74 Å². The van der Waals surface area contributed by atoms with Gasteiger partial charge in [0.25, 0.3) is 0 Å². The van der Waals surface area contributed by atoms with Crippen molar-refractivity contribution in [2.24, 2.45) is 0 Å². The molecule has 2 heterocycles. The summed E-state index contributed by atoms with van der Waals surface area (Å²) in [5, 5.41) is 3.66. The molecular weight excluding hydrogens is 264 g/mol. The topological polar surface area (TPSA) is 50.3 Å². The Hall–Kier alpha value is -1.07. The van der Waals surface area contributed by atoms with Gasteiger partial charge in [0.05, 0.1) is 12.3 Å². The third kappa shape index (κ3) is 3.94. The maximum Gasteiger partial charge on any atom is 0.224 e. The predicted octanol–water partition coefficient (Wildman–Crippen LogP) is 2.57. The lowest BCUT2D eigenvalue weighted by Gasteiger charge is -2.28. The first-order valence-electron chi connectivity index (χ1n) is 6.80. The Labute approximate surface area is 119 Å². The molecule has 0 saturated carbocycles. The summed E-state index contributed by atoms with van der Waals surface area (Å²) < 4.78 is 5.74. The van der Waals surface area contributed by atoms with Crippen LogP contribution in [0.25, 0.3) is 0 Å². The molecule has 0 spiro atoms. The molecule has 106 valence electrons. The highest BCUT2D eigenvalue weighted by Gasteiger charge is 2.18. The Morgan fingerprint density at radius 1 is 1.53 bits per heavy atom. The van der Waals surface area contributed by atoms with Crippen molar-refractivity contribution in [3.05, 3.63) is 11.2 Å². The number of anilines is 2. The molecule has 0 bridgehead atoms. The molecule has 1 aromatic heterocycles. The molecule has 2 rings (SSSR count). The van der Waals surface area contributed by atoms with E-state index in [-0.39, 0.29) is 6.10 Å². The highest BCUT2D eigenvalue weighted by atomic mass is 35.5. The molecule has 1 unspecified atom stereocenters. The van der Waals surface area contributed by atoms with E-state index in [9.17, 15) is 0 Å². The van der Waals surface area contributed by atoms with Gasteiger partial charge in [0.1, 0.15) is 5.02 Å². The van der Waals surface area contributed by atoms with Crippen molar-refractivity contribution in [2.45, 2.75) is 32.3 Å². The van der Waals surface area contributed by atoms with Crippen molar-refractivity contribution >= 4 is 23.4 Å². The zero-order valence-corrected chi connectivity index (χ0v) is 12.3. The summed E-state index contributed by atoms with van der Waals surface area (Å²) in [4.78, 5) is 10.6. The van der Waals surface area contributed by atoms with E-state index in [1.807, 2.05) is 18.9 Å². The molecule has 0 radical (unpaired) electrons. The second-order valence-electron chi connectivity index (χ2n) is 4.76. The normalized spacial score (nSPS) is 19.2. The van der Waals surface area contributed by atoms with Gasteiger partial charge < -0.3 is 15.0 Å². The largest absolute Gasteiger partial charge is 0.376 e. The third-order valence-electron chi connectivity index (χ3n) is 3.17. The summed E-state index contributed by atoms with van der Waals surface area (Å²) >= 11 is 6.17. The summed E-state index contributed by atoms with van der Waals surface area (Å²) in [6.45, 7) is 4.47. The maximum atomic E-state index is 6.17. The zero-order valence-electron chi connectivity index (χ0n) is 11.5. The number of nitrogens with one attached hydrogen (secondary N) is 1. The van der Waals surface area contributed by atoms with Crippen molar-refractivity contribution in [1.82, 2.24) is 9.97 Å². The molecule has 1 fully saturated rings. The highest BCUT2D eigenvalue weighted by Crippen LogP contribution is 2.24. The average Bonchev–Trinajstić information content (AvgIpc) is 2.42. The van der Waals surface area contributed by atoms with Crippen molar-refractivity contribution in [1.29, 1.82) is 0 Å². The molecule has 1 aliphatic rings. The smallest absolute Gasteiger partial charge is 0.224 e. The maximum absolute atomic E-state index is 6.17. The van der Waals surface area contributed by atoms with Crippen LogP contribution < -0.4 is 10.2 Å². The fourth-order valence-corrected chi connectivity index (χ4v) is 2.45. The molecule has 0 aromatic carbocycles. The van der Waals surface area contributed by atoms with Gasteiger partial charge in [-0.15, -0.1) is 0 Å². The summed E-state index contributed by atoms with van der Waals surface area (Å²) in [5.74, 6) is 1.36. The zero-order chi connectivity index (χ0) is 13.7. The fraction of sp³-hybridized carbons (Fsp3) is 0.692. The predicted molar refractivity (Wildman–Crippen MR) is 78.1 cm³/mol. The number of aromatic nitrogens is 2. The monoisotopic (exact) mass is 284 g/mol. The van der Waals surface area contributed by atoms with E-state index in [0.29, 0.717) is 11.0 Å². The molecule has 19 heavy (non-hydrogen) atoms. The Bertz CT molecular complexity index is 410. The molecule has 0 aliphatic carbocycles. The van der Waals surface area contributed by atoms with Crippen LogP contribution in [0.4, 0.5) is 11.8 Å². The lowest BCUT2D eigenvalue weighted by atomic mass is 10.1. The van der Waals surface area contributed by atoms with Gasteiger partial charge in [-0.25, -0.2) is 4.98 Å². The van der Waals surface area contributed by atoms with E-state index in [0.717, 1.165) is 31.9 Å². The minimum Gasteiger partial charge on any atom is -0.376 e. The molecule has 1 aromatic rings. The van der Waals surface area contributed by atoms with Crippen LogP contribution in [0.3, 0.4) is 0 Å². The molecule has 0 amide bonds. The second-order valence-corrected chi connectivity index (χ2v) is 5.17. The molecule has 1 N–H and O–H groups in total. The summed E-state index contributed by atoms with van der Waals surface area (Å²) in [6, 6.07) is 0. The van der Waals surface area contributed by atoms with E-state index in [4.69, 9.17) is 16.3 Å². The number of ether oxygens (including phenoxy) is 1. The van der Waals surface area contributed by atoms with Crippen LogP contribution in [0.15, 0.2) is 6.20 Å². The molecule has 1 atom stereocenters. The Morgan fingerprint density at radius 3 is 3.05 bits per heavy atom. The van der Waals surface area contributed by atoms with Gasteiger partial charge in [0.2, 0.25) is 5.95 Å². The standard InChI is InChI=1S/C13H21ClN4O/c1-3-15-13-16-8-11(14)12(17-13)18(2)9-10-6-4-5-7-19-10/h8,10H,3-7,9H2,1-2H3,(H,15,16,17). The van der Waals surface area contributed by atoms with Crippen molar-refractivity contribution in [3.8, 4) is 0 Å². The first kappa shape index (κ1) is 14.3. The lowest BCUT2D eigenvalue weighted by Crippen LogP contribution is -2.34. The first-order chi connectivity index (χ1) is 9.20. The van der Waals surface area contributed by atoms with Crippen LogP contribution in [-0.4, -0.2) is 42.8 Å². The first-order valence-corrected chi connectivity index (χ1v) is 7.17. The van der Waals surface area contributed by atoms with Crippen LogP contribution in [0.2, 0.25) is 5.02 Å². The van der Waals surface area contributed by atoms with Crippen molar-refractivity contribution in [3.63, 3.8) is 0 Å². The van der Waals surface area contributed by atoms with E-state index in [1.165, 1.54) is 12.8 Å². The van der Waals surface area contributed by atoms with E-state index in [2.05, 4.69) is 15.3 Å². The van der Waals surface area contributed by atoms with Crippen LogP contribution >= 0.6 is 11.6 Å². The minimum atomic E-state index is 0.271. The van der Waals surface area contributed by atoms with Gasteiger partial charge in [0, 0.05) is 26.7 Å². The average molecular weight is 285 g/mol. The van der Waals surface area contributed by atoms with Gasteiger partial charge in [-0.3, -0.25) is 0 Å². The lowest BCUT2D eigenvalue weighted by molar-refractivity contribution is 0.0215. The van der Waals surface area contributed by atoms with E-state index in [1.54, 1.807) is 6.20 Å². The number of halogens is 1. The molecular formula is C13H21ClN4O. The molecule has 1 aliphatic heterocycles. The summed E-state index contributed by atoms with van der Waals surface area (Å²) in [5.41, 5.74) is 0. The number of nitrogens with zero attached hydrogens (tertiary/aromatic N) is 3. The molecule has 5 nitrogen and oxygen atoms in total. The Kier molecular flexibility index (Phi) is 5.22. The number of likely N-dealkylation sites (N-methyl/N-ethyl adjacent to an activating group) is 1. The van der Waals surface area contributed by atoms with Gasteiger partial charge in [0.15, 0.2) is 5.82 Å². The SMILES string of the molecule is CCNc1ncc(Cl)c(N(C)CC2CCCCO2)n1. The fourth-order valence-electron chi connectivity index (χ4n) is 2.21. The number of hydrogen-bond donors (Lipinski definition) is 1. The van der Waals surface area contributed by atoms with Crippen LogP contribution in [0.1, 0.15) is 26.2 Å². The highest BCUT2D eigenvalue weighted by molar-refractivity contribution is 6.32. The summed E-state index contributed by atoms with van der Waals surface area (Å²) in [6.07, 6.45) is 5.41. The van der Waals surface area contributed by atoms with Crippen molar-refractivity contribution in [2.75, 3.05) is 37.0 Å². The number of hydrogen-bond acceptors (Lipinski definition) is 5.